The van der Waals surface area contributed by atoms with Crippen LogP contribution in [0.5, 0.6) is 5.75 Å². The van der Waals surface area contributed by atoms with Gasteiger partial charge in [-0.1, -0.05) is 62.3 Å². The molecule has 264 valence electrons. The molecule has 49 heavy (non-hydrogen) atoms. The van der Waals surface area contributed by atoms with Crippen LogP contribution in [0.2, 0.25) is 18.1 Å². The normalized spacial score (nSPS) is 30.3. The van der Waals surface area contributed by atoms with Gasteiger partial charge in [0.15, 0.2) is 26.0 Å². The Balaban J connectivity index is 0.00000151. The summed E-state index contributed by atoms with van der Waals surface area (Å²) in [6.45, 7) is 12.7. The molecule has 1 aliphatic heterocycles. The van der Waals surface area contributed by atoms with Crippen molar-refractivity contribution in [1.29, 1.82) is 0 Å². The summed E-state index contributed by atoms with van der Waals surface area (Å²) in [7, 11) is 2.82. The monoisotopic (exact) mass is 692 g/mol. The highest BCUT2D eigenvalue weighted by molar-refractivity contribution is 6.74. The van der Waals surface area contributed by atoms with Gasteiger partial charge in [0.2, 0.25) is 5.90 Å². The third-order valence-corrected chi connectivity index (χ3v) is 15.9. The zero-order valence-corrected chi connectivity index (χ0v) is 30.8. The summed E-state index contributed by atoms with van der Waals surface area (Å²) in [4.78, 5) is 54.2. The Hall–Kier alpha value is -3.67. The summed E-state index contributed by atoms with van der Waals surface area (Å²) < 4.78 is 19.2. The maximum atomic E-state index is 15.3. The van der Waals surface area contributed by atoms with E-state index in [1.165, 1.54) is 0 Å². The third kappa shape index (κ3) is 6.08. The number of benzene rings is 2. The fraction of sp³-hybridized carbons (Fsp3) is 0.568. The van der Waals surface area contributed by atoms with Crippen molar-refractivity contribution in [3.05, 3.63) is 64.7 Å². The standard InChI is InChI=1S/C36H48N2O7Si.CO2/c1-20-15-16-25(42-7)23-17-22-18-24-29(38(5)6)31-28(34(37-44-31)43-19-21-13-11-10-12-14-21)33(41)36(24,45-46(8,9)35(2,3)4)32(40)27(22)30(39)26(20)23;2-1-3/h10-16,22,24,27-29,31-32,40H,17-19H2,1-9H3;/t22-,24-,27?,28?,29-,31?,32?,36-;/m0./s1. The number of fused-ring (bicyclic) bond motifs is 4. The minimum atomic E-state index is -2.72. The highest BCUT2D eigenvalue weighted by atomic mass is 28.4. The van der Waals surface area contributed by atoms with Crippen molar-refractivity contribution in [2.24, 2.45) is 28.8 Å². The van der Waals surface area contributed by atoms with Crippen LogP contribution in [-0.2, 0) is 41.4 Å². The van der Waals surface area contributed by atoms with Crippen LogP contribution in [0, 0.1) is 30.6 Å². The summed E-state index contributed by atoms with van der Waals surface area (Å²) in [5, 5.41) is 16.8. The second-order valence-corrected chi connectivity index (χ2v) is 20.1. The van der Waals surface area contributed by atoms with Gasteiger partial charge < -0.3 is 28.7 Å². The van der Waals surface area contributed by atoms with E-state index in [2.05, 4.69) is 43.9 Å². The Morgan fingerprint density at radius 3 is 2.35 bits per heavy atom. The van der Waals surface area contributed by atoms with Gasteiger partial charge in [-0.15, -0.1) is 0 Å². The highest BCUT2D eigenvalue weighted by Crippen LogP contribution is 2.58. The smallest absolute Gasteiger partial charge is 0.373 e. The van der Waals surface area contributed by atoms with Crippen LogP contribution in [0.15, 0.2) is 47.6 Å². The molecule has 2 aromatic carbocycles. The van der Waals surface area contributed by atoms with Gasteiger partial charge in [-0.3, -0.25) is 9.59 Å². The molecule has 0 saturated heterocycles. The summed E-state index contributed by atoms with van der Waals surface area (Å²) >= 11 is 0. The van der Waals surface area contributed by atoms with Crippen LogP contribution in [0.1, 0.15) is 54.2 Å². The SMILES string of the molecule is COc1ccc(C)c2c1C[C@H]1C[C@H]3[C@H](N(C)C)C4ON=C(OCc5ccccc5)C4C(=O)[C@@]3(O[Si](C)(C)C(C)(C)C)C(O)C1C2=O.O=C=O. The minimum Gasteiger partial charge on any atom is -0.496 e. The fourth-order valence-corrected chi connectivity index (χ4v) is 9.74. The van der Waals surface area contributed by atoms with Gasteiger partial charge in [-0.2, -0.15) is 9.59 Å². The first kappa shape index (κ1) is 36.6. The quantitative estimate of drug-likeness (QED) is 0.428. The number of carbonyl (C=O) groups excluding carboxylic acids is 4. The lowest BCUT2D eigenvalue weighted by Gasteiger charge is -2.61. The number of aliphatic hydroxyl groups is 1. The van der Waals surface area contributed by atoms with Crippen molar-refractivity contribution in [3.8, 4) is 5.75 Å². The van der Waals surface area contributed by atoms with Crippen LogP contribution in [0.4, 0.5) is 0 Å². The number of rotatable bonds is 6. The number of methoxy groups -OCH3 is 1. The predicted octanol–water partition coefficient (Wildman–Crippen LogP) is 4.59. The Bertz CT molecular complexity index is 1650. The van der Waals surface area contributed by atoms with E-state index in [-0.39, 0.29) is 47.2 Å². The van der Waals surface area contributed by atoms with Crippen molar-refractivity contribution in [2.45, 2.75) is 89.1 Å². The maximum absolute atomic E-state index is 15.3. The van der Waals surface area contributed by atoms with Gasteiger partial charge >= 0.3 is 6.15 Å². The van der Waals surface area contributed by atoms with E-state index in [1.807, 2.05) is 63.5 Å². The molecule has 2 fully saturated rings. The van der Waals surface area contributed by atoms with Gasteiger partial charge in [-0.25, -0.2) is 0 Å². The minimum absolute atomic E-state index is 0.153. The highest BCUT2D eigenvalue weighted by Gasteiger charge is 2.73. The van der Waals surface area contributed by atoms with Crippen LogP contribution in [0.25, 0.3) is 0 Å². The Labute approximate surface area is 289 Å². The van der Waals surface area contributed by atoms with Crippen molar-refractivity contribution in [2.75, 3.05) is 21.2 Å². The Morgan fingerprint density at radius 2 is 1.76 bits per heavy atom. The lowest BCUT2D eigenvalue weighted by atomic mass is 9.51. The van der Waals surface area contributed by atoms with E-state index in [9.17, 15) is 9.90 Å². The number of oxime groups is 1. The van der Waals surface area contributed by atoms with Gasteiger partial charge in [0.1, 0.15) is 23.9 Å². The lowest BCUT2D eigenvalue weighted by molar-refractivity contribution is -0.210. The van der Waals surface area contributed by atoms with E-state index >= 15 is 4.79 Å². The van der Waals surface area contributed by atoms with Crippen LogP contribution in [0.3, 0.4) is 0 Å². The second-order valence-electron chi connectivity index (χ2n) is 15.4. The number of ketones is 2. The summed E-state index contributed by atoms with van der Waals surface area (Å²) in [5.41, 5.74) is 1.57. The molecule has 2 saturated carbocycles. The van der Waals surface area contributed by atoms with Crippen molar-refractivity contribution >= 4 is 31.9 Å². The predicted molar refractivity (Wildman–Crippen MR) is 182 cm³/mol. The van der Waals surface area contributed by atoms with Crippen molar-refractivity contribution in [1.82, 2.24) is 4.90 Å². The molecule has 1 heterocycles. The van der Waals surface area contributed by atoms with E-state index in [1.54, 1.807) is 7.11 Å². The number of hydrogen-bond donors (Lipinski definition) is 1. The number of Topliss-reactive ketones (excluding diaryl/α,β-unsaturated/α-hetero) is 2. The summed E-state index contributed by atoms with van der Waals surface area (Å²) in [6.07, 6.45) is -0.684. The molecule has 0 amide bonds. The fourth-order valence-electron chi connectivity index (χ4n) is 8.22. The van der Waals surface area contributed by atoms with E-state index in [4.69, 9.17) is 28.3 Å². The van der Waals surface area contributed by atoms with Gasteiger partial charge in [0.05, 0.1) is 25.2 Å². The van der Waals surface area contributed by atoms with Crippen LogP contribution < -0.4 is 4.74 Å². The molecule has 4 unspecified atom stereocenters. The third-order valence-electron chi connectivity index (χ3n) is 11.4. The lowest BCUT2D eigenvalue weighted by Crippen LogP contribution is -2.78. The number of nitrogens with zero attached hydrogens (tertiary/aromatic N) is 2. The molecular formula is C37H48N2O9Si. The van der Waals surface area contributed by atoms with E-state index in [0.29, 0.717) is 24.2 Å². The first-order chi connectivity index (χ1) is 23.0. The zero-order valence-electron chi connectivity index (χ0n) is 29.8. The molecule has 0 aromatic heterocycles. The van der Waals surface area contributed by atoms with Crippen LogP contribution in [-0.4, -0.2) is 87.0 Å². The van der Waals surface area contributed by atoms with E-state index in [0.717, 1.165) is 16.7 Å². The van der Waals surface area contributed by atoms with Crippen molar-refractivity contribution < 1.29 is 43.0 Å². The molecule has 4 aliphatic rings. The number of ether oxygens (including phenoxy) is 2. The molecule has 0 bridgehead atoms. The Kier molecular flexibility index (Phi) is 10.1. The van der Waals surface area contributed by atoms with Gasteiger partial charge in [0, 0.05) is 17.0 Å². The second kappa shape index (κ2) is 13.6. The van der Waals surface area contributed by atoms with Crippen LogP contribution >= 0.6 is 0 Å². The molecule has 0 radical (unpaired) electrons. The first-order valence-electron chi connectivity index (χ1n) is 16.7. The number of aryl methyl sites for hydroxylation is 1. The maximum Gasteiger partial charge on any atom is 0.373 e. The number of likely N-dealkylation sites (N-methyl/N-ethyl adjacent to an activating group) is 1. The van der Waals surface area contributed by atoms with E-state index < -0.39 is 43.9 Å². The molecule has 6 rings (SSSR count). The molecule has 8 atom stereocenters. The number of hydrogen-bond acceptors (Lipinski definition) is 11. The summed E-state index contributed by atoms with van der Waals surface area (Å²) in [6, 6.07) is 13.1. The van der Waals surface area contributed by atoms with Crippen molar-refractivity contribution in [3.63, 3.8) is 0 Å². The summed E-state index contributed by atoms with van der Waals surface area (Å²) in [5.74, 6) is -1.97. The molecule has 11 nitrogen and oxygen atoms in total. The number of aliphatic hydroxyl groups excluding tert-OH is 1. The average Bonchev–Trinajstić information content (AvgIpc) is 3.45. The largest absolute Gasteiger partial charge is 0.496 e. The number of carbonyl (C=O) groups is 2. The molecule has 1 N–H and O–H groups in total. The topological polar surface area (TPSA) is 141 Å². The molecular weight excluding hydrogens is 644 g/mol. The molecule has 2 aromatic rings. The molecule has 3 aliphatic carbocycles. The first-order valence-corrected chi connectivity index (χ1v) is 19.7. The molecule has 0 spiro atoms. The average molecular weight is 693 g/mol. The molecule has 12 heteroatoms. The zero-order chi connectivity index (χ0) is 36.1. The van der Waals surface area contributed by atoms with Gasteiger partial charge in [0.25, 0.3) is 0 Å². The van der Waals surface area contributed by atoms with Gasteiger partial charge in [-0.05, 0) is 75.1 Å². The Morgan fingerprint density at radius 1 is 1.10 bits per heavy atom.